The Morgan fingerprint density at radius 1 is 0.969 bits per heavy atom. The van der Waals surface area contributed by atoms with Gasteiger partial charge in [0.1, 0.15) is 22.2 Å². The highest BCUT2D eigenvalue weighted by molar-refractivity contribution is 7.90. The minimum atomic E-state index is -3.74. The van der Waals surface area contributed by atoms with Crippen LogP contribution in [0.1, 0.15) is 11.1 Å². The minimum absolute atomic E-state index is 0.0813. The van der Waals surface area contributed by atoms with Gasteiger partial charge in [-0.05, 0) is 60.0 Å². The number of aromatic nitrogens is 2. The fraction of sp³-hybridized carbons (Fsp3) is 0.0833. The summed E-state index contributed by atoms with van der Waals surface area (Å²) in [7, 11) is -3.74. The molecule has 0 aliphatic heterocycles. The van der Waals surface area contributed by atoms with Crippen molar-refractivity contribution in [2.24, 2.45) is 0 Å². The van der Waals surface area contributed by atoms with E-state index in [0.717, 1.165) is 16.5 Å². The number of benzene rings is 3. The van der Waals surface area contributed by atoms with Gasteiger partial charge in [-0.25, -0.2) is 12.8 Å². The molecular weight excluding hydrogens is 431 g/mol. The van der Waals surface area contributed by atoms with E-state index in [1.807, 2.05) is 30.3 Å². The van der Waals surface area contributed by atoms with Gasteiger partial charge in [0.15, 0.2) is 9.84 Å². The van der Waals surface area contributed by atoms with Crippen LogP contribution in [0.2, 0.25) is 0 Å². The summed E-state index contributed by atoms with van der Waals surface area (Å²) < 4.78 is 45.5. The van der Waals surface area contributed by atoms with Crippen molar-refractivity contribution in [3.63, 3.8) is 0 Å². The van der Waals surface area contributed by atoms with Gasteiger partial charge in [0.2, 0.25) is 0 Å². The summed E-state index contributed by atoms with van der Waals surface area (Å²) in [5, 5.41) is 4.12. The third-order valence-corrected chi connectivity index (χ3v) is 5.89. The van der Waals surface area contributed by atoms with Gasteiger partial charge in [-0.1, -0.05) is 30.3 Å². The van der Waals surface area contributed by atoms with Gasteiger partial charge in [-0.3, -0.25) is 4.79 Å². The normalized spacial score (nSPS) is 11.3. The molecule has 0 aliphatic carbocycles. The first-order valence-corrected chi connectivity index (χ1v) is 11.6. The van der Waals surface area contributed by atoms with Crippen molar-refractivity contribution in [2.45, 2.75) is 11.3 Å². The molecule has 0 unspecified atom stereocenters. The Balaban J connectivity index is 1.93. The SMILES string of the molecule is CS(=O)(=O)c1cc(-n2ncccc2=O)c(Cc2ccccc2)cc1Oc1ccc(F)cc1. The van der Waals surface area contributed by atoms with Crippen LogP contribution in [-0.2, 0) is 16.3 Å². The second kappa shape index (κ2) is 8.76. The predicted octanol–water partition coefficient (Wildman–Crippen LogP) is 4.16. The summed E-state index contributed by atoms with van der Waals surface area (Å²) in [6.07, 6.45) is 2.92. The summed E-state index contributed by atoms with van der Waals surface area (Å²) in [6, 6.07) is 20.6. The zero-order valence-corrected chi connectivity index (χ0v) is 17.9. The summed E-state index contributed by atoms with van der Waals surface area (Å²) in [5.74, 6) is -0.0715. The second-order valence-corrected chi connectivity index (χ2v) is 9.18. The van der Waals surface area contributed by atoms with Gasteiger partial charge in [0.25, 0.3) is 5.56 Å². The van der Waals surface area contributed by atoms with E-state index in [9.17, 15) is 17.6 Å². The van der Waals surface area contributed by atoms with Crippen LogP contribution in [0, 0.1) is 5.82 Å². The minimum Gasteiger partial charge on any atom is -0.456 e. The van der Waals surface area contributed by atoms with Gasteiger partial charge in [0, 0.05) is 18.5 Å². The first kappa shape index (κ1) is 21.5. The van der Waals surface area contributed by atoms with Crippen molar-refractivity contribution in [3.8, 4) is 17.2 Å². The zero-order valence-electron chi connectivity index (χ0n) is 17.1. The molecule has 0 fully saturated rings. The monoisotopic (exact) mass is 450 g/mol. The molecule has 162 valence electrons. The Labute approximate surface area is 184 Å². The third kappa shape index (κ3) is 4.76. The number of hydrogen-bond acceptors (Lipinski definition) is 5. The average molecular weight is 450 g/mol. The summed E-state index contributed by atoms with van der Waals surface area (Å²) >= 11 is 0. The molecule has 0 N–H and O–H groups in total. The maximum absolute atomic E-state index is 13.3. The summed E-state index contributed by atoms with van der Waals surface area (Å²) in [4.78, 5) is 12.4. The fourth-order valence-electron chi connectivity index (χ4n) is 3.28. The standard InChI is InChI=1S/C24H19FN2O4S/c1-32(29,30)23-16-21(27-24(28)8-5-13-26-27)18(14-17-6-3-2-4-7-17)15-22(23)31-20-11-9-19(25)10-12-20/h2-13,15-16H,14H2,1H3. The maximum Gasteiger partial charge on any atom is 0.271 e. The van der Waals surface area contributed by atoms with Gasteiger partial charge < -0.3 is 4.74 Å². The third-order valence-electron chi connectivity index (χ3n) is 4.77. The van der Waals surface area contributed by atoms with Crippen molar-refractivity contribution in [1.29, 1.82) is 0 Å². The molecule has 0 radical (unpaired) electrons. The lowest BCUT2D eigenvalue weighted by atomic mass is 10.0. The van der Waals surface area contributed by atoms with Gasteiger partial charge >= 0.3 is 0 Å². The number of rotatable bonds is 6. The van der Waals surface area contributed by atoms with Crippen LogP contribution in [0.5, 0.6) is 11.5 Å². The molecule has 4 rings (SSSR count). The molecule has 8 heteroatoms. The number of hydrogen-bond donors (Lipinski definition) is 0. The van der Waals surface area contributed by atoms with Crippen LogP contribution in [0.15, 0.2) is 94.7 Å². The Hall–Kier alpha value is -3.78. The number of nitrogens with zero attached hydrogens (tertiary/aromatic N) is 2. The van der Waals surface area contributed by atoms with Crippen LogP contribution in [0.25, 0.3) is 5.69 Å². The van der Waals surface area contributed by atoms with E-state index in [1.54, 1.807) is 6.07 Å². The van der Waals surface area contributed by atoms with E-state index in [4.69, 9.17) is 4.74 Å². The van der Waals surface area contributed by atoms with Crippen LogP contribution in [0.3, 0.4) is 0 Å². The molecular formula is C24H19FN2O4S. The quantitative estimate of drug-likeness (QED) is 0.441. The summed E-state index contributed by atoms with van der Waals surface area (Å²) in [5.41, 5.74) is 1.54. The molecule has 0 amide bonds. The zero-order chi connectivity index (χ0) is 22.7. The first-order valence-electron chi connectivity index (χ1n) is 9.70. The lowest BCUT2D eigenvalue weighted by Crippen LogP contribution is -2.21. The van der Waals surface area contributed by atoms with E-state index < -0.39 is 21.2 Å². The van der Waals surface area contributed by atoms with E-state index in [1.165, 1.54) is 48.7 Å². The maximum atomic E-state index is 13.3. The highest BCUT2D eigenvalue weighted by atomic mass is 32.2. The molecule has 0 aliphatic rings. The van der Waals surface area contributed by atoms with Gasteiger partial charge in [0.05, 0.1) is 5.69 Å². The molecule has 0 saturated carbocycles. The van der Waals surface area contributed by atoms with Crippen LogP contribution >= 0.6 is 0 Å². The predicted molar refractivity (Wildman–Crippen MR) is 119 cm³/mol. The van der Waals surface area contributed by atoms with Crippen LogP contribution in [0.4, 0.5) is 4.39 Å². The second-order valence-electron chi connectivity index (χ2n) is 7.19. The van der Waals surface area contributed by atoms with Gasteiger partial charge in [-0.2, -0.15) is 9.78 Å². The van der Waals surface area contributed by atoms with E-state index in [0.29, 0.717) is 17.7 Å². The lowest BCUT2D eigenvalue weighted by molar-refractivity contribution is 0.465. The van der Waals surface area contributed by atoms with E-state index in [2.05, 4.69) is 5.10 Å². The number of ether oxygens (including phenoxy) is 1. The van der Waals surface area contributed by atoms with E-state index >= 15 is 0 Å². The first-order chi connectivity index (χ1) is 15.3. The Morgan fingerprint density at radius 3 is 2.34 bits per heavy atom. The Kier molecular flexibility index (Phi) is 5.87. The van der Waals surface area contributed by atoms with E-state index in [-0.39, 0.29) is 16.4 Å². The topological polar surface area (TPSA) is 78.3 Å². The molecule has 32 heavy (non-hydrogen) atoms. The summed E-state index contributed by atoms with van der Waals surface area (Å²) in [6.45, 7) is 0. The van der Waals surface area contributed by atoms with Crippen molar-refractivity contribution in [2.75, 3.05) is 6.26 Å². The molecule has 3 aromatic carbocycles. The Morgan fingerprint density at radius 2 is 1.69 bits per heavy atom. The van der Waals surface area contributed by atoms with Crippen molar-refractivity contribution in [3.05, 3.63) is 112 Å². The smallest absolute Gasteiger partial charge is 0.271 e. The average Bonchev–Trinajstić information content (AvgIpc) is 2.76. The number of sulfone groups is 1. The molecule has 6 nitrogen and oxygen atoms in total. The Bertz CT molecular complexity index is 1420. The highest BCUT2D eigenvalue weighted by Gasteiger charge is 2.21. The molecule has 0 spiro atoms. The van der Waals surface area contributed by atoms with Crippen LogP contribution in [-0.4, -0.2) is 24.5 Å². The fourth-order valence-corrected chi connectivity index (χ4v) is 4.08. The molecule has 4 aromatic rings. The molecule has 1 aromatic heterocycles. The highest BCUT2D eigenvalue weighted by Crippen LogP contribution is 2.34. The van der Waals surface area contributed by atoms with Gasteiger partial charge in [-0.15, -0.1) is 0 Å². The largest absolute Gasteiger partial charge is 0.456 e. The van der Waals surface area contributed by atoms with Crippen molar-refractivity contribution < 1.29 is 17.5 Å². The molecule has 0 saturated heterocycles. The lowest BCUT2D eigenvalue weighted by Gasteiger charge is -2.17. The number of halogens is 1. The van der Waals surface area contributed by atoms with Crippen molar-refractivity contribution in [1.82, 2.24) is 9.78 Å². The molecule has 0 bridgehead atoms. The molecule has 0 atom stereocenters. The van der Waals surface area contributed by atoms with Crippen LogP contribution < -0.4 is 10.3 Å². The van der Waals surface area contributed by atoms with Crippen molar-refractivity contribution >= 4 is 9.84 Å². The molecule has 1 heterocycles.